The van der Waals surface area contributed by atoms with Gasteiger partial charge in [-0.2, -0.15) is 0 Å². The number of hydrogen-bond acceptors (Lipinski definition) is 9. The molecular formula is C28H25ClFN5O5S. The van der Waals surface area contributed by atoms with E-state index < -0.39 is 21.4 Å². The third-order valence-electron chi connectivity index (χ3n) is 6.05. The van der Waals surface area contributed by atoms with Crippen LogP contribution >= 0.6 is 11.6 Å². The number of halogens is 2. The van der Waals surface area contributed by atoms with E-state index in [4.69, 9.17) is 25.8 Å². The minimum absolute atomic E-state index is 0.0267. The van der Waals surface area contributed by atoms with Crippen LogP contribution in [-0.2, 0) is 21.3 Å². The summed E-state index contributed by atoms with van der Waals surface area (Å²) in [4.78, 5) is 18.3. The Bertz CT molecular complexity index is 1810. The lowest BCUT2D eigenvalue weighted by atomic mass is 10.2. The number of hydrogen-bond donors (Lipinski definition) is 0. The summed E-state index contributed by atoms with van der Waals surface area (Å²) < 4.78 is 58.1. The van der Waals surface area contributed by atoms with Gasteiger partial charge in [-0.25, -0.2) is 32.7 Å². The Kier molecular flexibility index (Phi) is 8.04. The van der Waals surface area contributed by atoms with E-state index in [9.17, 15) is 12.8 Å². The van der Waals surface area contributed by atoms with Gasteiger partial charge in [-0.3, -0.25) is 4.57 Å². The van der Waals surface area contributed by atoms with Crippen LogP contribution in [0.25, 0.3) is 28.5 Å². The molecular weight excluding hydrogens is 573 g/mol. The van der Waals surface area contributed by atoms with Crippen LogP contribution in [0.3, 0.4) is 0 Å². The van der Waals surface area contributed by atoms with Crippen molar-refractivity contribution in [3.05, 3.63) is 82.9 Å². The van der Waals surface area contributed by atoms with E-state index in [0.717, 1.165) is 0 Å². The number of fused-ring (bicyclic) bond motifs is 1. The summed E-state index contributed by atoms with van der Waals surface area (Å²) in [6.45, 7) is 2.27. The highest BCUT2D eigenvalue weighted by atomic mass is 35.5. The van der Waals surface area contributed by atoms with Crippen molar-refractivity contribution in [2.45, 2.75) is 18.4 Å². The van der Waals surface area contributed by atoms with E-state index in [2.05, 4.69) is 19.9 Å². The lowest BCUT2D eigenvalue weighted by Crippen LogP contribution is -2.11. The first kappa shape index (κ1) is 28.2. The first-order chi connectivity index (χ1) is 19.7. The molecule has 0 saturated carbocycles. The molecule has 0 radical (unpaired) electrons. The van der Waals surface area contributed by atoms with E-state index >= 15 is 0 Å². The highest BCUT2D eigenvalue weighted by molar-refractivity contribution is 7.89. The Labute approximate surface area is 240 Å². The van der Waals surface area contributed by atoms with Crippen LogP contribution in [0.5, 0.6) is 17.4 Å². The zero-order chi connectivity index (χ0) is 29.1. The van der Waals surface area contributed by atoms with Crippen LogP contribution in [0.1, 0.15) is 18.2 Å². The summed E-state index contributed by atoms with van der Waals surface area (Å²) in [6, 6.07) is 15.8. The molecule has 5 rings (SSSR count). The van der Waals surface area contributed by atoms with Gasteiger partial charge in [0.05, 0.1) is 38.0 Å². The van der Waals surface area contributed by atoms with E-state index in [1.54, 1.807) is 41.0 Å². The quantitative estimate of drug-likeness (QED) is 0.214. The highest BCUT2D eigenvalue weighted by Crippen LogP contribution is 2.38. The molecule has 3 aromatic heterocycles. The molecule has 5 aromatic rings. The first-order valence-electron chi connectivity index (χ1n) is 12.4. The van der Waals surface area contributed by atoms with Crippen LogP contribution in [0.15, 0.2) is 60.7 Å². The van der Waals surface area contributed by atoms with E-state index in [1.165, 1.54) is 38.5 Å². The Hall–Kier alpha value is -4.29. The smallest absolute Gasteiger partial charge is 0.213 e. The SMILES string of the molecule is CCOc1cccc(-c2nc3nc(Cl)c(CS(=O)(=O)Cc4ccc(F)cc4)nc3n2-c2c(OC)cccc2OC)n1. The van der Waals surface area contributed by atoms with Crippen molar-refractivity contribution in [3.8, 4) is 34.6 Å². The average molecular weight is 598 g/mol. The molecule has 0 fully saturated rings. The molecule has 212 valence electrons. The largest absolute Gasteiger partial charge is 0.494 e. The van der Waals surface area contributed by atoms with Gasteiger partial charge in [0.2, 0.25) is 5.88 Å². The lowest BCUT2D eigenvalue weighted by Gasteiger charge is -2.16. The number of imidazole rings is 1. The third kappa shape index (κ3) is 5.93. The highest BCUT2D eigenvalue weighted by Gasteiger charge is 2.26. The fraction of sp³-hybridized carbons (Fsp3) is 0.214. The molecule has 0 aliphatic carbocycles. The summed E-state index contributed by atoms with van der Waals surface area (Å²) in [7, 11) is -0.740. The molecule has 0 bridgehead atoms. The molecule has 0 aliphatic rings. The van der Waals surface area contributed by atoms with Crippen LogP contribution < -0.4 is 14.2 Å². The maximum atomic E-state index is 13.3. The van der Waals surface area contributed by atoms with Gasteiger partial charge >= 0.3 is 0 Å². The number of methoxy groups -OCH3 is 2. The van der Waals surface area contributed by atoms with Crippen molar-refractivity contribution >= 4 is 32.7 Å². The summed E-state index contributed by atoms with van der Waals surface area (Å²) in [6.07, 6.45) is 0. The monoisotopic (exact) mass is 597 g/mol. The maximum absolute atomic E-state index is 13.3. The average Bonchev–Trinajstić information content (AvgIpc) is 3.31. The normalized spacial score (nSPS) is 11.5. The minimum Gasteiger partial charge on any atom is -0.494 e. The van der Waals surface area contributed by atoms with Gasteiger partial charge in [-0.1, -0.05) is 35.9 Å². The summed E-state index contributed by atoms with van der Waals surface area (Å²) in [5, 5.41) is -0.112. The van der Waals surface area contributed by atoms with Gasteiger partial charge in [-0.15, -0.1) is 0 Å². The maximum Gasteiger partial charge on any atom is 0.213 e. The molecule has 0 saturated heterocycles. The van der Waals surface area contributed by atoms with Crippen molar-refractivity contribution in [2.24, 2.45) is 0 Å². The van der Waals surface area contributed by atoms with Crippen molar-refractivity contribution in [2.75, 3.05) is 20.8 Å². The number of sulfone groups is 1. The Balaban J connectivity index is 1.70. The summed E-state index contributed by atoms with van der Waals surface area (Å²) >= 11 is 6.45. The van der Waals surface area contributed by atoms with Crippen LogP contribution in [0.4, 0.5) is 4.39 Å². The van der Waals surface area contributed by atoms with Crippen LogP contribution in [0, 0.1) is 5.82 Å². The van der Waals surface area contributed by atoms with E-state index in [-0.39, 0.29) is 27.9 Å². The second-order valence-electron chi connectivity index (χ2n) is 8.84. The van der Waals surface area contributed by atoms with Gasteiger partial charge in [0.25, 0.3) is 0 Å². The Morgan fingerprint density at radius 2 is 1.56 bits per heavy atom. The number of benzene rings is 2. The summed E-state index contributed by atoms with van der Waals surface area (Å²) in [5.74, 6) is 0.300. The topological polar surface area (TPSA) is 118 Å². The van der Waals surface area contributed by atoms with Crippen molar-refractivity contribution in [3.63, 3.8) is 0 Å². The van der Waals surface area contributed by atoms with Crippen molar-refractivity contribution in [1.29, 1.82) is 0 Å². The van der Waals surface area contributed by atoms with Gasteiger partial charge in [-0.05, 0) is 42.8 Å². The van der Waals surface area contributed by atoms with E-state index in [0.29, 0.717) is 46.8 Å². The third-order valence-corrected chi connectivity index (χ3v) is 7.83. The van der Waals surface area contributed by atoms with E-state index in [1.807, 2.05) is 6.92 Å². The van der Waals surface area contributed by atoms with Crippen molar-refractivity contribution < 1.29 is 27.0 Å². The number of aromatic nitrogens is 5. The Morgan fingerprint density at radius 3 is 2.22 bits per heavy atom. The first-order valence-corrected chi connectivity index (χ1v) is 14.6. The summed E-state index contributed by atoms with van der Waals surface area (Å²) in [5.41, 5.74) is 1.71. The van der Waals surface area contributed by atoms with Crippen molar-refractivity contribution in [1.82, 2.24) is 24.5 Å². The molecule has 0 spiro atoms. The predicted octanol–water partition coefficient (Wildman–Crippen LogP) is 5.20. The minimum atomic E-state index is -3.77. The molecule has 41 heavy (non-hydrogen) atoms. The lowest BCUT2D eigenvalue weighted by molar-refractivity contribution is 0.327. The molecule has 2 aromatic carbocycles. The second-order valence-corrected chi connectivity index (χ2v) is 11.3. The van der Waals surface area contributed by atoms with Gasteiger partial charge in [0.1, 0.15) is 28.7 Å². The molecule has 0 aliphatic heterocycles. The van der Waals surface area contributed by atoms with Crippen LogP contribution in [-0.4, -0.2) is 53.7 Å². The zero-order valence-electron chi connectivity index (χ0n) is 22.3. The predicted molar refractivity (Wildman–Crippen MR) is 152 cm³/mol. The van der Waals surface area contributed by atoms with Gasteiger partial charge in [0.15, 0.2) is 32.1 Å². The number of para-hydroxylation sites is 1. The molecule has 0 unspecified atom stereocenters. The molecule has 10 nitrogen and oxygen atoms in total. The number of nitrogens with zero attached hydrogens (tertiary/aromatic N) is 5. The molecule has 13 heteroatoms. The molecule has 0 N–H and O–H groups in total. The van der Waals surface area contributed by atoms with Crippen LogP contribution in [0.2, 0.25) is 5.15 Å². The Morgan fingerprint density at radius 1 is 0.878 bits per heavy atom. The second kappa shape index (κ2) is 11.7. The number of rotatable bonds is 10. The fourth-order valence-corrected chi connectivity index (χ4v) is 5.98. The number of pyridine rings is 1. The number of ether oxygens (including phenoxy) is 3. The van der Waals surface area contributed by atoms with Gasteiger partial charge in [0, 0.05) is 6.07 Å². The fourth-order valence-electron chi connectivity index (χ4n) is 4.30. The zero-order valence-corrected chi connectivity index (χ0v) is 23.9. The molecule has 0 atom stereocenters. The molecule has 3 heterocycles. The molecule has 0 amide bonds. The van der Waals surface area contributed by atoms with Gasteiger partial charge < -0.3 is 14.2 Å². The standard InChI is InChI=1S/C28H25ClFN5O5S/c1-4-40-23-10-5-7-19(31-23)27-34-26-28(35(27)24-21(38-2)8-6-9-22(24)39-3)32-20(25(29)33-26)16-41(36,37)15-17-11-13-18(30)14-12-17/h5-14H,4,15-16H2,1-3H3.